The Morgan fingerprint density at radius 3 is 2.65 bits per heavy atom. The van der Waals surface area contributed by atoms with Crippen molar-refractivity contribution in [1.82, 2.24) is 24.5 Å². The predicted molar refractivity (Wildman–Crippen MR) is 69.2 cm³/mol. The summed E-state index contributed by atoms with van der Waals surface area (Å²) in [6, 6.07) is 1.83. The number of amides is 1. The van der Waals surface area contributed by atoms with E-state index in [4.69, 9.17) is 4.74 Å². The number of esters is 1. The first-order valence-corrected chi connectivity index (χ1v) is 5.97. The molecule has 0 aliphatic rings. The number of aromatic nitrogens is 4. The van der Waals surface area contributed by atoms with Crippen LogP contribution in [0, 0.1) is 13.8 Å². The summed E-state index contributed by atoms with van der Waals surface area (Å²) in [7, 11) is 3.16. The maximum atomic E-state index is 11.8. The molecule has 0 aromatic carbocycles. The first kappa shape index (κ1) is 13.9. The fraction of sp³-hybridized carbons (Fsp3) is 0.417. The van der Waals surface area contributed by atoms with Crippen molar-refractivity contribution in [3.63, 3.8) is 0 Å². The van der Waals surface area contributed by atoms with Gasteiger partial charge in [-0.1, -0.05) is 0 Å². The van der Waals surface area contributed by atoms with E-state index in [-0.39, 0.29) is 18.3 Å². The van der Waals surface area contributed by atoms with Gasteiger partial charge in [-0.15, -0.1) is 5.10 Å². The molecule has 0 N–H and O–H groups in total. The van der Waals surface area contributed by atoms with Gasteiger partial charge in [-0.3, -0.25) is 4.79 Å². The van der Waals surface area contributed by atoms with Crippen LogP contribution in [0.4, 0.5) is 0 Å². The van der Waals surface area contributed by atoms with E-state index < -0.39 is 5.97 Å². The van der Waals surface area contributed by atoms with Gasteiger partial charge in [-0.2, -0.15) is 4.98 Å². The van der Waals surface area contributed by atoms with E-state index in [0.29, 0.717) is 5.78 Å². The van der Waals surface area contributed by atoms with Crippen LogP contribution in [0.5, 0.6) is 0 Å². The summed E-state index contributed by atoms with van der Waals surface area (Å²) in [5.41, 5.74) is 1.59. The van der Waals surface area contributed by atoms with E-state index in [1.807, 2.05) is 19.9 Å². The van der Waals surface area contributed by atoms with Crippen molar-refractivity contribution in [3.05, 3.63) is 23.3 Å². The van der Waals surface area contributed by atoms with Gasteiger partial charge in [0.1, 0.15) is 0 Å². The van der Waals surface area contributed by atoms with Crippen molar-refractivity contribution in [2.75, 3.05) is 20.7 Å². The second kappa shape index (κ2) is 5.24. The summed E-state index contributed by atoms with van der Waals surface area (Å²) in [4.78, 5) is 32.6. The molecular formula is C12H15N5O3. The van der Waals surface area contributed by atoms with Gasteiger partial charge in [0.15, 0.2) is 6.61 Å². The van der Waals surface area contributed by atoms with Crippen LogP contribution in [0.3, 0.4) is 0 Å². The molecule has 8 heteroatoms. The molecule has 8 nitrogen and oxygen atoms in total. The summed E-state index contributed by atoms with van der Waals surface area (Å²) in [6.07, 6.45) is 0. The monoisotopic (exact) mass is 277 g/mol. The average molecular weight is 277 g/mol. The number of rotatable bonds is 3. The van der Waals surface area contributed by atoms with E-state index in [0.717, 1.165) is 11.4 Å². The number of nitrogens with zero attached hydrogens (tertiary/aromatic N) is 5. The van der Waals surface area contributed by atoms with Crippen LogP contribution in [-0.2, 0) is 9.53 Å². The highest BCUT2D eigenvalue weighted by atomic mass is 16.5. The summed E-state index contributed by atoms with van der Waals surface area (Å²) < 4.78 is 6.31. The number of ether oxygens (including phenoxy) is 1. The fourth-order valence-corrected chi connectivity index (χ4v) is 1.57. The Bertz CT molecular complexity index is 677. The van der Waals surface area contributed by atoms with Crippen LogP contribution in [0.25, 0.3) is 5.78 Å². The Morgan fingerprint density at radius 2 is 2.00 bits per heavy atom. The Hall–Kier alpha value is -2.51. The van der Waals surface area contributed by atoms with Gasteiger partial charge in [0, 0.05) is 25.5 Å². The van der Waals surface area contributed by atoms with Gasteiger partial charge < -0.3 is 9.64 Å². The first-order chi connectivity index (χ1) is 9.38. The van der Waals surface area contributed by atoms with Crippen molar-refractivity contribution in [3.8, 4) is 0 Å². The van der Waals surface area contributed by atoms with Gasteiger partial charge in [-0.25, -0.2) is 14.3 Å². The molecule has 20 heavy (non-hydrogen) atoms. The fourth-order valence-electron chi connectivity index (χ4n) is 1.57. The van der Waals surface area contributed by atoms with Crippen LogP contribution in [0.1, 0.15) is 22.0 Å². The molecule has 106 valence electrons. The smallest absolute Gasteiger partial charge is 0.378 e. The second-order valence-electron chi connectivity index (χ2n) is 4.55. The van der Waals surface area contributed by atoms with Gasteiger partial charge in [0.05, 0.1) is 0 Å². The van der Waals surface area contributed by atoms with Crippen LogP contribution in [0.2, 0.25) is 0 Å². The van der Waals surface area contributed by atoms with Gasteiger partial charge in [-0.05, 0) is 19.9 Å². The molecule has 0 saturated heterocycles. The molecule has 0 saturated carbocycles. The number of hydrogen-bond acceptors (Lipinski definition) is 6. The largest absolute Gasteiger partial charge is 0.450 e. The van der Waals surface area contributed by atoms with Crippen molar-refractivity contribution >= 4 is 17.7 Å². The summed E-state index contributed by atoms with van der Waals surface area (Å²) in [6.45, 7) is 3.32. The highest BCUT2D eigenvalue weighted by Gasteiger charge is 2.18. The summed E-state index contributed by atoms with van der Waals surface area (Å²) in [5.74, 6) is -0.846. The molecule has 0 bridgehead atoms. The van der Waals surface area contributed by atoms with Crippen molar-refractivity contribution < 1.29 is 14.3 Å². The standard InChI is InChI=1S/C12H15N5O3/c1-7-5-8(2)17-12(13-7)14-10(15-17)11(19)20-6-9(18)16(3)4/h5H,6H2,1-4H3. The maximum Gasteiger partial charge on any atom is 0.378 e. The Balaban J connectivity index is 2.19. The van der Waals surface area contributed by atoms with E-state index in [1.54, 1.807) is 14.1 Å². The molecule has 2 rings (SSSR count). The van der Waals surface area contributed by atoms with Crippen molar-refractivity contribution in [1.29, 1.82) is 0 Å². The van der Waals surface area contributed by atoms with E-state index in [1.165, 1.54) is 9.42 Å². The molecule has 0 radical (unpaired) electrons. The van der Waals surface area contributed by atoms with Crippen molar-refractivity contribution in [2.45, 2.75) is 13.8 Å². The number of likely N-dealkylation sites (N-methyl/N-ethyl adjacent to an activating group) is 1. The zero-order valence-corrected chi connectivity index (χ0v) is 11.7. The molecule has 0 aliphatic carbocycles. The zero-order chi connectivity index (χ0) is 14.9. The third kappa shape index (κ3) is 2.73. The van der Waals surface area contributed by atoms with Crippen LogP contribution in [0.15, 0.2) is 6.07 Å². The third-order valence-electron chi connectivity index (χ3n) is 2.63. The Labute approximate surface area is 115 Å². The maximum absolute atomic E-state index is 11.8. The molecule has 0 fully saturated rings. The van der Waals surface area contributed by atoms with Gasteiger partial charge in [0.25, 0.3) is 17.5 Å². The Morgan fingerprint density at radius 1 is 1.30 bits per heavy atom. The van der Waals surface area contributed by atoms with Crippen LogP contribution < -0.4 is 0 Å². The van der Waals surface area contributed by atoms with Gasteiger partial charge >= 0.3 is 5.97 Å². The number of carbonyl (C=O) groups is 2. The molecular weight excluding hydrogens is 262 g/mol. The molecule has 0 spiro atoms. The lowest BCUT2D eigenvalue weighted by Gasteiger charge is -2.09. The lowest BCUT2D eigenvalue weighted by Crippen LogP contribution is -2.27. The zero-order valence-electron chi connectivity index (χ0n) is 11.7. The molecule has 0 aliphatic heterocycles. The van der Waals surface area contributed by atoms with E-state index in [9.17, 15) is 9.59 Å². The van der Waals surface area contributed by atoms with E-state index >= 15 is 0 Å². The Kier molecular flexibility index (Phi) is 3.64. The molecule has 1 amide bonds. The van der Waals surface area contributed by atoms with E-state index in [2.05, 4.69) is 15.1 Å². The topological polar surface area (TPSA) is 89.7 Å². The highest BCUT2D eigenvalue weighted by molar-refractivity contribution is 5.88. The minimum atomic E-state index is -0.747. The lowest BCUT2D eigenvalue weighted by atomic mass is 10.4. The predicted octanol–water partition coefficient (Wildman–Crippen LogP) is -0.0139. The second-order valence-corrected chi connectivity index (χ2v) is 4.55. The van der Waals surface area contributed by atoms with Crippen LogP contribution >= 0.6 is 0 Å². The van der Waals surface area contributed by atoms with Crippen molar-refractivity contribution in [2.24, 2.45) is 0 Å². The number of carbonyl (C=O) groups excluding carboxylic acids is 2. The van der Waals surface area contributed by atoms with Crippen LogP contribution in [-0.4, -0.2) is 57.1 Å². The number of aryl methyl sites for hydroxylation is 2. The number of hydrogen-bond donors (Lipinski definition) is 0. The third-order valence-corrected chi connectivity index (χ3v) is 2.63. The summed E-state index contributed by atoms with van der Waals surface area (Å²) >= 11 is 0. The molecule has 2 aromatic heterocycles. The lowest BCUT2D eigenvalue weighted by molar-refractivity contribution is -0.131. The quantitative estimate of drug-likeness (QED) is 0.733. The minimum Gasteiger partial charge on any atom is -0.450 e. The highest BCUT2D eigenvalue weighted by Crippen LogP contribution is 2.06. The SMILES string of the molecule is Cc1cc(C)n2nc(C(=O)OCC(=O)N(C)C)nc2n1. The average Bonchev–Trinajstić information content (AvgIpc) is 2.79. The minimum absolute atomic E-state index is 0.113. The normalized spacial score (nSPS) is 10.6. The number of fused-ring (bicyclic) bond motifs is 1. The molecule has 0 unspecified atom stereocenters. The molecule has 2 aromatic rings. The molecule has 0 atom stereocenters. The summed E-state index contributed by atoms with van der Waals surface area (Å²) in [5, 5.41) is 4.02. The molecule has 2 heterocycles. The first-order valence-electron chi connectivity index (χ1n) is 5.97. The van der Waals surface area contributed by atoms with Gasteiger partial charge in [0.2, 0.25) is 0 Å².